The minimum atomic E-state index is -0.158. The molecule has 0 unspecified atom stereocenters. The van der Waals surface area contributed by atoms with Crippen molar-refractivity contribution in [3.05, 3.63) is 33.1 Å². The molecule has 1 aromatic carbocycles. The first-order chi connectivity index (χ1) is 7.18. The average molecular weight is 319 g/mol. The van der Waals surface area contributed by atoms with Crippen LogP contribution >= 0.6 is 22.6 Å². The molecule has 1 fully saturated rings. The number of nitrogens with two attached hydrogens (primary N) is 1. The van der Waals surface area contributed by atoms with Crippen LogP contribution in [0.25, 0.3) is 0 Å². The van der Waals surface area contributed by atoms with Gasteiger partial charge in [-0.15, -0.1) is 0 Å². The second-order valence-corrected chi connectivity index (χ2v) is 5.48. The summed E-state index contributed by atoms with van der Waals surface area (Å²) >= 11 is 2.20. The second kappa shape index (κ2) is 4.78. The van der Waals surface area contributed by atoms with Crippen LogP contribution in [0.15, 0.2) is 18.2 Å². The monoisotopic (exact) mass is 319 g/mol. The summed E-state index contributed by atoms with van der Waals surface area (Å²) in [5.41, 5.74) is 6.82. The maximum atomic E-state index is 13.6. The van der Waals surface area contributed by atoms with Gasteiger partial charge in [0.05, 0.1) is 0 Å². The third-order valence-electron chi connectivity index (χ3n) is 3.22. The predicted molar refractivity (Wildman–Crippen MR) is 68.0 cm³/mol. The number of benzene rings is 1. The fourth-order valence-corrected chi connectivity index (χ4v) is 2.86. The summed E-state index contributed by atoms with van der Waals surface area (Å²) in [6, 6.07) is 5.05. The summed E-state index contributed by atoms with van der Waals surface area (Å²) in [5, 5.41) is 0. The van der Waals surface area contributed by atoms with Crippen molar-refractivity contribution in [1.82, 2.24) is 0 Å². The molecule has 1 aliphatic carbocycles. The van der Waals surface area contributed by atoms with Crippen LogP contribution in [0.4, 0.5) is 4.39 Å². The molecule has 0 bridgehead atoms. The topological polar surface area (TPSA) is 26.0 Å². The van der Waals surface area contributed by atoms with Crippen LogP contribution in [0.1, 0.15) is 37.3 Å². The molecule has 15 heavy (non-hydrogen) atoms. The smallest absolute Gasteiger partial charge is 0.128 e. The Kier molecular flexibility index (Phi) is 3.61. The van der Waals surface area contributed by atoms with Gasteiger partial charge in [0.25, 0.3) is 0 Å². The van der Waals surface area contributed by atoms with Crippen molar-refractivity contribution < 1.29 is 4.39 Å². The third kappa shape index (κ3) is 2.50. The van der Waals surface area contributed by atoms with E-state index in [0.717, 1.165) is 16.4 Å². The summed E-state index contributed by atoms with van der Waals surface area (Å²) in [6.07, 6.45) is 4.77. The van der Waals surface area contributed by atoms with Gasteiger partial charge in [0.1, 0.15) is 5.82 Å². The fraction of sp³-hybridized carbons (Fsp3) is 0.500. The summed E-state index contributed by atoms with van der Waals surface area (Å²) in [6.45, 7) is 0. The van der Waals surface area contributed by atoms with E-state index in [2.05, 4.69) is 22.6 Å². The van der Waals surface area contributed by atoms with Gasteiger partial charge in [0, 0.05) is 15.2 Å². The zero-order chi connectivity index (χ0) is 10.8. The Morgan fingerprint density at radius 2 is 2.00 bits per heavy atom. The Bertz CT molecular complexity index is 347. The molecule has 2 N–H and O–H groups in total. The summed E-state index contributed by atoms with van der Waals surface area (Å²) in [4.78, 5) is 0. The highest BCUT2D eigenvalue weighted by molar-refractivity contribution is 14.1. The molecule has 82 valence electrons. The first kappa shape index (κ1) is 11.3. The van der Waals surface area contributed by atoms with E-state index in [0.29, 0.717) is 11.5 Å². The molecule has 1 saturated carbocycles. The largest absolute Gasteiger partial charge is 0.324 e. The summed E-state index contributed by atoms with van der Waals surface area (Å²) in [5.74, 6) is 0.313. The van der Waals surface area contributed by atoms with Gasteiger partial charge in [-0.05, 0) is 59.5 Å². The number of rotatable bonds is 2. The first-order valence-electron chi connectivity index (χ1n) is 5.39. The van der Waals surface area contributed by atoms with E-state index in [1.807, 2.05) is 6.07 Å². The van der Waals surface area contributed by atoms with Gasteiger partial charge in [-0.1, -0.05) is 12.8 Å². The molecule has 1 atom stereocenters. The van der Waals surface area contributed by atoms with Crippen molar-refractivity contribution in [3.63, 3.8) is 0 Å². The van der Waals surface area contributed by atoms with Crippen LogP contribution < -0.4 is 5.73 Å². The van der Waals surface area contributed by atoms with Crippen molar-refractivity contribution >= 4 is 22.6 Å². The highest BCUT2D eigenvalue weighted by Crippen LogP contribution is 2.35. The van der Waals surface area contributed by atoms with Crippen molar-refractivity contribution in [1.29, 1.82) is 0 Å². The molecule has 2 rings (SSSR count). The predicted octanol–water partition coefficient (Wildman–Crippen LogP) is 3.62. The molecule has 0 spiro atoms. The molecular formula is C12H15FIN. The van der Waals surface area contributed by atoms with E-state index in [9.17, 15) is 4.39 Å². The number of hydrogen-bond acceptors (Lipinski definition) is 1. The Balaban J connectivity index is 2.23. The van der Waals surface area contributed by atoms with Crippen molar-refractivity contribution in [3.8, 4) is 0 Å². The van der Waals surface area contributed by atoms with E-state index >= 15 is 0 Å². The molecule has 0 radical (unpaired) electrons. The molecular weight excluding hydrogens is 304 g/mol. The van der Waals surface area contributed by atoms with Gasteiger partial charge in [-0.25, -0.2) is 4.39 Å². The van der Waals surface area contributed by atoms with Crippen LogP contribution in [0, 0.1) is 15.3 Å². The lowest BCUT2D eigenvalue weighted by Gasteiger charge is -2.19. The van der Waals surface area contributed by atoms with Crippen LogP contribution in [-0.4, -0.2) is 0 Å². The molecule has 1 aliphatic rings. The Morgan fingerprint density at radius 1 is 1.33 bits per heavy atom. The molecule has 0 heterocycles. The van der Waals surface area contributed by atoms with Crippen molar-refractivity contribution in [2.24, 2.45) is 11.7 Å². The minimum Gasteiger partial charge on any atom is -0.324 e. The van der Waals surface area contributed by atoms with Gasteiger partial charge < -0.3 is 5.73 Å². The van der Waals surface area contributed by atoms with Crippen LogP contribution in [0.3, 0.4) is 0 Å². The highest BCUT2D eigenvalue weighted by atomic mass is 127. The Labute approximate surface area is 103 Å². The normalized spacial score (nSPS) is 19.4. The lowest BCUT2D eigenvalue weighted by molar-refractivity contribution is 0.428. The minimum absolute atomic E-state index is 0.123. The standard InChI is InChI=1S/C12H15FIN/c13-11-6-5-9(14)7-10(11)12(15)8-3-1-2-4-8/h5-8,12H,1-4,15H2/t12-/m0/s1. The lowest BCUT2D eigenvalue weighted by Crippen LogP contribution is -2.20. The number of hydrogen-bond donors (Lipinski definition) is 1. The second-order valence-electron chi connectivity index (χ2n) is 4.24. The molecule has 1 aromatic rings. The van der Waals surface area contributed by atoms with E-state index in [-0.39, 0.29) is 11.9 Å². The van der Waals surface area contributed by atoms with Crippen LogP contribution in [-0.2, 0) is 0 Å². The van der Waals surface area contributed by atoms with Gasteiger partial charge in [0.2, 0.25) is 0 Å². The Morgan fingerprint density at radius 3 is 2.67 bits per heavy atom. The first-order valence-corrected chi connectivity index (χ1v) is 6.47. The van der Waals surface area contributed by atoms with Crippen LogP contribution in [0.5, 0.6) is 0 Å². The highest BCUT2D eigenvalue weighted by Gasteiger charge is 2.25. The van der Waals surface area contributed by atoms with Crippen molar-refractivity contribution in [2.75, 3.05) is 0 Å². The zero-order valence-electron chi connectivity index (χ0n) is 8.55. The van der Waals surface area contributed by atoms with E-state index in [4.69, 9.17) is 5.73 Å². The van der Waals surface area contributed by atoms with E-state index in [1.165, 1.54) is 18.9 Å². The quantitative estimate of drug-likeness (QED) is 0.828. The molecule has 0 aliphatic heterocycles. The SMILES string of the molecule is N[C@H](c1cc(I)ccc1F)C1CCCC1. The molecule has 0 aromatic heterocycles. The molecule has 1 nitrogen and oxygen atoms in total. The lowest BCUT2D eigenvalue weighted by atomic mass is 9.92. The molecule has 3 heteroatoms. The van der Waals surface area contributed by atoms with Gasteiger partial charge in [0.15, 0.2) is 0 Å². The average Bonchev–Trinajstić information content (AvgIpc) is 2.74. The van der Waals surface area contributed by atoms with E-state index < -0.39 is 0 Å². The third-order valence-corrected chi connectivity index (χ3v) is 3.90. The zero-order valence-corrected chi connectivity index (χ0v) is 10.7. The Hall–Kier alpha value is -0.160. The van der Waals surface area contributed by atoms with E-state index in [1.54, 1.807) is 6.07 Å². The summed E-state index contributed by atoms with van der Waals surface area (Å²) in [7, 11) is 0. The fourth-order valence-electron chi connectivity index (χ4n) is 2.34. The van der Waals surface area contributed by atoms with Gasteiger partial charge >= 0.3 is 0 Å². The van der Waals surface area contributed by atoms with Gasteiger partial charge in [-0.2, -0.15) is 0 Å². The van der Waals surface area contributed by atoms with Gasteiger partial charge in [-0.3, -0.25) is 0 Å². The molecule has 0 amide bonds. The van der Waals surface area contributed by atoms with Crippen LogP contribution in [0.2, 0.25) is 0 Å². The molecule has 0 saturated heterocycles. The maximum Gasteiger partial charge on any atom is 0.128 e. The van der Waals surface area contributed by atoms with Crippen molar-refractivity contribution in [2.45, 2.75) is 31.7 Å². The summed E-state index contributed by atoms with van der Waals surface area (Å²) < 4.78 is 14.6. The number of halogens is 2. The maximum absolute atomic E-state index is 13.6.